The number of amides is 1. The van der Waals surface area contributed by atoms with E-state index in [0.29, 0.717) is 30.2 Å². The van der Waals surface area contributed by atoms with Crippen LogP contribution in [-0.2, 0) is 34.2 Å². The van der Waals surface area contributed by atoms with Crippen molar-refractivity contribution in [3.8, 4) is 5.75 Å². The third-order valence-corrected chi connectivity index (χ3v) is 6.83. The summed E-state index contributed by atoms with van der Waals surface area (Å²) in [6.07, 6.45) is 1.11. The number of carbonyl (C=O) groups excluding carboxylic acids is 1. The highest BCUT2D eigenvalue weighted by molar-refractivity contribution is 7.89. The Hall–Kier alpha value is -2.95. The van der Waals surface area contributed by atoms with Crippen LogP contribution in [-0.4, -0.2) is 37.6 Å². The Morgan fingerprint density at radius 3 is 2.72 bits per heavy atom. The molecule has 0 saturated carbocycles. The summed E-state index contributed by atoms with van der Waals surface area (Å²) in [5, 5.41) is 3.84. The molecule has 2 aromatic carbocycles. The Labute approximate surface area is 190 Å². The monoisotopic (exact) mass is 476 g/mol. The maximum Gasteiger partial charge on any atom is 0.265 e. The summed E-state index contributed by atoms with van der Waals surface area (Å²) in [5.41, 5.74) is 1.36. The minimum absolute atomic E-state index is 0.0263. The molecule has 0 fully saturated rings. The van der Waals surface area contributed by atoms with E-state index in [-0.39, 0.29) is 41.3 Å². The van der Waals surface area contributed by atoms with Gasteiger partial charge in [0.25, 0.3) is 5.91 Å². The standard InChI is InChI=1S/C21H21ClN4O5S/c1-2-20-24-19(25-31-20)12-26-16-10-15(22)18(11-17(16)30-13-21(26)27)32(28,29)23-9-8-14-6-4-3-5-7-14/h3-7,10-11,23H,2,8-9,12-13H2,1H3. The zero-order valence-electron chi connectivity index (χ0n) is 17.2. The number of fused-ring (bicyclic) bond motifs is 1. The fourth-order valence-electron chi connectivity index (χ4n) is 3.27. The Bertz CT molecular complexity index is 1230. The molecule has 32 heavy (non-hydrogen) atoms. The number of aryl methyl sites for hydroxylation is 1. The molecule has 3 aromatic rings. The van der Waals surface area contributed by atoms with Crippen molar-refractivity contribution < 1.29 is 22.5 Å². The number of aromatic nitrogens is 2. The molecule has 2 heterocycles. The number of nitrogens with one attached hydrogen (secondary N) is 1. The molecule has 0 atom stereocenters. The van der Waals surface area contributed by atoms with Gasteiger partial charge in [0.05, 0.1) is 17.3 Å². The van der Waals surface area contributed by atoms with Gasteiger partial charge < -0.3 is 9.26 Å². The summed E-state index contributed by atoms with van der Waals surface area (Å²) >= 11 is 6.32. The van der Waals surface area contributed by atoms with E-state index in [2.05, 4.69) is 14.9 Å². The van der Waals surface area contributed by atoms with Gasteiger partial charge in [-0.3, -0.25) is 9.69 Å². The van der Waals surface area contributed by atoms with Crippen LogP contribution in [0.2, 0.25) is 5.02 Å². The van der Waals surface area contributed by atoms with Crippen LogP contribution in [0.25, 0.3) is 0 Å². The number of benzene rings is 2. The molecular formula is C21H21ClN4O5S. The fraction of sp³-hybridized carbons (Fsp3) is 0.286. The zero-order valence-corrected chi connectivity index (χ0v) is 18.8. The van der Waals surface area contributed by atoms with Crippen LogP contribution in [0.15, 0.2) is 51.9 Å². The molecule has 0 unspecified atom stereocenters. The lowest BCUT2D eigenvalue weighted by molar-refractivity contribution is -0.121. The molecule has 1 N–H and O–H groups in total. The summed E-state index contributed by atoms with van der Waals surface area (Å²) in [7, 11) is -3.89. The molecule has 1 aliphatic heterocycles. The SMILES string of the molecule is CCc1nc(CN2C(=O)COc3cc(S(=O)(=O)NCCc4ccccc4)c(Cl)cc32)no1. The average Bonchev–Trinajstić information content (AvgIpc) is 3.24. The van der Waals surface area contributed by atoms with Crippen LogP contribution >= 0.6 is 11.6 Å². The van der Waals surface area contributed by atoms with Crippen molar-refractivity contribution in [2.45, 2.75) is 31.2 Å². The predicted octanol–water partition coefficient (Wildman–Crippen LogP) is 2.73. The molecule has 1 amide bonds. The summed E-state index contributed by atoms with van der Waals surface area (Å²) in [6, 6.07) is 12.3. The quantitative estimate of drug-likeness (QED) is 0.531. The van der Waals surface area contributed by atoms with E-state index in [9.17, 15) is 13.2 Å². The second-order valence-corrected chi connectivity index (χ2v) is 9.25. The normalized spacial score (nSPS) is 13.7. The number of halogens is 1. The van der Waals surface area contributed by atoms with Gasteiger partial charge in [0.2, 0.25) is 15.9 Å². The van der Waals surface area contributed by atoms with Crippen LogP contribution in [0.1, 0.15) is 24.2 Å². The first kappa shape index (κ1) is 22.3. The number of sulfonamides is 1. The average molecular weight is 477 g/mol. The van der Waals surface area contributed by atoms with Crippen molar-refractivity contribution in [1.29, 1.82) is 0 Å². The van der Waals surface area contributed by atoms with Crippen molar-refractivity contribution in [3.05, 3.63) is 64.8 Å². The van der Waals surface area contributed by atoms with Crippen molar-refractivity contribution in [2.24, 2.45) is 0 Å². The van der Waals surface area contributed by atoms with Crippen molar-refractivity contribution in [3.63, 3.8) is 0 Å². The van der Waals surface area contributed by atoms with E-state index in [4.69, 9.17) is 20.9 Å². The minimum atomic E-state index is -3.89. The van der Waals surface area contributed by atoms with Crippen LogP contribution in [0, 0.1) is 0 Å². The molecule has 0 bridgehead atoms. The third kappa shape index (κ3) is 4.77. The molecule has 0 saturated heterocycles. The van der Waals surface area contributed by atoms with E-state index >= 15 is 0 Å². The number of hydrogen-bond donors (Lipinski definition) is 1. The topological polar surface area (TPSA) is 115 Å². The lowest BCUT2D eigenvalue weighted by atomic mass is 10.2. The Morgan fingerprint density at radius 2 is 2.00 bits per heavy atom. The van der Waals surface area contributed by atoms with Gasteiger partial charge in [-0.05, 0) is 18.1 Å². The predicted molar refractivity (Wildman–Crippen MR) is 117 cm³/mol. The smallest absolute Gasteiger partial charge is 0.265 e. The summed E-state index contributed by atoms with van der Waals surface area (Å²) in [5.74, 6) is 0.699. The van der Waals surface area contributed by atoms with Gasteiger partial charge in [-0.1, -0.05) is 54.0 Å². The second-order valence-electron chi connectivity index (χ2n) is 7.11. The maximum atomic E-state index is 12.8. The first-order chi connectivity index (χ1) is 15.4. The first-order valence-corrected chi connectivity index (χ1v) is 11.8. The molecule has 0 spiro atoms. The Morgan fingerprint density at radius 1 is 1.22 bits per heavy atom. The fourth-order valence-corrected chi connectivity index (χ4v) is 4.84. The molecular weight excluding hydrogens is 456 g/mol. The van der Waals surface area contributed by atoms with Gasteiger partial charge in [-0.2, -0.15) is 4.98 Å². The summed E-state index contributed by atoms with van der Waals surface area (Å²) < 4.78 is 38.8. The highest BCUT2D eigenvalue weighted by atomic mass is 35.5. The number of nitrogens with zero attached hydrogens (tertiary/aromatic N) is 3. The number of ether oxygens (including phenoxy) is 1. The highest BCUT2D eigenvalue weighted by Gasteiger charge is 2.30. The van der Waals surface area contributed by atoms with Gasteiger partial charge in [0.15, 0.2) is 12.4 Å². The molecule has 4 rings (SSSR count). The van der Waals surface area contributed by atoms with Crippen molar-refractivity contribution in [2.75, 3.05) is 18.1 Å². The van der Waals surface area contributed by atoms with Crippen LogP contribution in [0.5, 0.6) is 5.75 Å². The zero-order chi connectivity index (χ0) is 22.7. The van der Waals surface area contributed by atoms with E-state index in [0.717, 1.165) is 5.56 Å². The lowest BCUT2D eigenvalue weighted by Gasteiger charge is -2.29. The third-order valence-electron chi connectivity index (χ3n) is 4.91. The van der Waals surface area contributed by atoms with Gasteiger partial charge in [-0.15, -0.1) is 0 Å². The Balaban J connectivity index is 1.55. The molecule has 9 nitrogen and oxygen atoms in total. The van der Waals surface area contributed by atoms with Gasteiger partial charge in [0.1, 0.15) is 10.6 Å². The summed E-state index contributed by atoms with van der Waals surface area (Å²) in [4.78, 5) is 17.9. The van der Waals surface area contributed by atoms with E-state index in [1.807, 2.05) is 37.3 Å². The number of anilines is 1. The molecule has 1 aliphatic rings. The van der Waals surface area contributed by atoms with Gasteiger partial charge in [0, 0.05) is 19.0 Å². The number of hydrogen-bond acceptors (Lipinski definition) is 7. The number of carbonyl (C=O) groups is 1. The van der Waals surface area contributed by atoms with Crippen molar-refractivity contribution in [1.82, 2.24) is 14.9 Å². The molecule has 1 aromatic heterocycles. The van der Waals surface area contributed by atoms with Crippen molar-refractivity contribution >= 4 is 33.2 Å². The van der Waals surface area contributed by atoms with E-state index in [1.165, 1.54) is 17.0 Å². The van der Waals surface area contributed by atoms with E-state index in [1.54, 1.807) is 0 Å². The van der Waals surface area contributed by atoms with Crippen LogP contribution in [0.4, 0.5) is 5.69 Å². The first-order valence-electron chi connectivity index (χ1n) is 9.99. The lowest BCUT2D eigenvalue weighted by Crippen LogP contribution is -2.38. The minimum Gasteiger partial charge on any atom is -0.482 e. The largest absolute Gasteiger partial charge is 0.482 e. The van der Waals surface area contributed by atoms with Gasteiger partial charge in [-0.25, -0.2) is 13.1 Å². The highest BCUT2D eigenvalue weighted by Crippen LogP contribution is 2.39. The molecule has 168 valence electrons. The molecule has 0 aliphatic carbocycles. The van der Waals surface area contributed by atoms with E-state index < -0.39 is 10.0 Å². The van der Waals surface area contributed by atoms with Gasteiger partial charge >= 0.3 is 0 Å². The second kappa shape index (κ2) is 9.27. The summed E-state index contributed by atoms with van der Waals surface area (Å²) in [6.45, 7) is 1.90. The van der Waals surface area contributed by atoms with Crippen LogP contribution in [0.3, 0.4) is 0 Å². The van der Waals surface area contributed by atoms with Crippen LogP contribution < -0.4 is 14.4 Å². The molecule has 11 heteroatoms. The number of rotatable bonds is 8. The Kier molecular flexibility index (Phi) is 6.45. The maximum absolute atomic E-state index is 12.8. The molecule has 0 radical (unpaired) electrons.